The van der Waals surface area contributed by atoms with Crippen molar-refractivity contribution < 1.29 is 14.3 Å². The highest BCUT2D eigenvalue weighted by Gasteiger charge is 2.32. The van der Waals surface area contributed by atoms with E-state index in [0.29, 0.717) is 27.3 Å². The van der Waals surface area contributed by atoms with Crippen molar-refractivity contribution in [3.8, 4) is 5.75 Å². The lowest BCUT2D eigenvalue weighted by Gasteiger charge is -2.18. The SMILES string of the molecule is CNC(=O)CSC1=N/C(=C\c2cccs2)C(=O)N1c1ccc(OC)c(Cl)c1. The number of carbonyl (C=O) groups excluding carboxylic acids is 2. The van der Waals surface area contributed by atoms with E-state index in [4.69, 9.17) is 16.3 Å². The van der Waals surface area contributed by atoms with E-state index in [9.17, 15) is 9.59 Å². The summed E-state index contributed by atoms with van der Waals surface area (Å²) in [4.78, 5) is 31.4. The number of thioether (sulfide) groups is 1. The van der Waals surface area contributed by atoms with Crippen LogP contribution in [0.4, 0.5) is 5.69 Å². The fourth-order valence-corrected chi connectivity index (χ4v) is 4.11. The third kappa shape index (κ3) is 4.35. The van der Waals surface area contributed by atoms with Crippen molar-refractivity contribution in [2.45, 2.75) is 0 Å². The molecule has 0 radical (unpaired) electrons. The summed E-state index contributed by atoms with van der Waals surface area (Å²) >= 11 is 8.92. The quantitative estimate of drug-likeness (QED) is 0.748. The average molecular weight is 422 g/mol. The van der Waals surface area contributed by atoms with Crippen LogP contribution in [0.3, 0.4) is 0 Å². The van der Waals surface area contributed by atoms with E-state index in [-0.39, 0.29) is 17.6 Å². The predicted octanol–water partition coefficient (Wildman–Crippen LogP) is 3.63. The number of hydrogen-bond donors (Lipinski definition) is 1. The number of aliphatic imine (C=N–C) groups is 1. The number of nitrogens with one attached hydrogen (secondary N) is 1. The zero-order valence-electron chi connectivity index (χ0n) is 14.6. The largest absolute Gasteiger partial charge is 0.495 e. The molecule has 0 atom stereocenters. The summed E-state index contributed by atoms with van der Waals surface area (Å²) in [7, 11) is 3.09. The Hall–Kier alpha value is -2.29. The van der Waals surface area contributed by atoms with Gasteiger partial charge in [-0.05, 0) is 35.7 Å². The van der Waals surface area contributed by atoms with E-state index in [2.05, 4.69) is 10.3 Å². The first-order chi connectivity index (χ1) is 13.0. The van der Waals surface area contributed by atoms with E-state index in [1.807, 2.05) is 17.5 Å². The van der Waals surface area contributed by atoms with Gasteiger partial charge in [-0.3, -0.25) is 14.5 Å². The molecule has 0 unspecified atom stereocenters. The van der Waals surface area contributed by atoms with Crippen LogP contribution in [-0.4, -0.2) is 36.9 Å². The molecular weight excluding hydrogens is 406 g/mol. The first kappa shape index (κ1) is 19.5. The molecule has 0 saturated heterocycles. The van der Waals surface area contributed by atoms with Crippen LogP contribution in [-0.2, 0) is 9.59 Å². The van der Waals surface area contributed by atoms with Crippen molar-refractivity contribution in [2.75, 3.05) is 24.8 Å². The van der Waals surface area contributed by atoms with E-state index < -0.39 is 0 Å². The van der Waals surface area contributed by atoms with E-state index in [1.54, 1.807) is 31.3 Å². The number of ether oxygens (including phenoxy) is 1. The molecule has 27 heavy (non-hydrogen) atoms. The Morgan fingerprint density at radius 2 is 2.26 bits per heavy atom. The lowest BCUT2D eigenvalue weighted by molar-refractivity contribution is -0.118. The maximum atomic E-state index is 13.0. The fourth-order valence-electron chi connectivity index (χ4n) is 2.33. The number of amidine groups is 1. The van der Waals surface area contributed by atoms with Gasteiger partial charge in [-0.25, -0.2) is 4.99 Å². The van der Waals surface area contributed by atoms with Gasteiger partial charge >= 0.3 is 0 Å². The normalized spacial score (nSPS) is 15.2. The highest BCUT2D eigenvalue weighted by molar-refractivity contribution is 8.14. The molecule has 0 spiro atoms. The molecule has 1 aromatic carbocycles. The smallest absolute Gasteiger partial charge is 0.283 e. The summed E-state index contributed by atoms with van der Waals surface area (Å²) in [5, 5.41) is 5.29. The van der Waals surface area contributed by atoms with Gasteiger partial charge < -0.3 is 10.1 Å². The zero-order valence-corrected chi connectivity index (χ0v) is 17.0. The highest BCUT2D eigenvalue weighted by Crippen LogP contribution is 2.34. The molecule has 2 amide bonds. The number of thiophene rings is 1. The van der Waals surface area contributed by atoms with Crippen LogP contribution < -0.4 is 15.0 Å². The molecule has 1 aliphatic heterocycles. The first-order valence-corrected chi connectivity index (χ1v) is 10.1. The molecule has 2 heterocycles. The van der Waals surface area contributed by atoms with Crippen LogP contribution in [0.1, 0.15) is 4.88 Å². The van der Waals surface area contributed by atoms with Gasteiger partial charge in [0.15, 0.2) is 5.17 Å². The van der Waals surface area contributed by atoms with E-state index in [0.717, 1.165) is 4.88 Å². The molecule has 1 N–H and O–H groups in total. The van der Waals surface area contributed by atoms with Gasteiger partial charge in [0.25, 0.3) is 5.91 Å². The minimum Gasteiger partial charge on any atom is -0.495 e. The second-order valence-electron chi connectivity index (χ2n) is 5.36. The second-order valence-corrected chi connectivity index (χ2v) is 7.69. The van der Waals surface area contributed by atoms with Gasteiger partial charge in [0, 0.05) is 11.9 Å². The molecule has 9 heteroatoms. The molecule has 0 fully saturated rings. The zero-order chi connectivity index (χ0) is 19.4. The van der Waals surface area contributed by atoms with Gasteiger partial charge in [0.1, 0.15) is 11.4 Å². The molecular formula is C18H16ClN3O3S2. The minimum absolute atomic E-state index is 0.148. The molecule has 2 aromatic rings. The van der Waals surface area contributed by atoms with Crippen molar-refractivity contribution in [1.82, 2.24) is 5.32 Å². The summed E-state index contributed by atoms with van der Waals surface area (Å²) in [6.07, 6.45) is 1.73. The number of anilines is 1. The van der Waals surface area contributed by atoms with Crippen molar-refractivity contribution >= 4 is 63.4 Å². The van der Waals surface area contributed by atoms with E-state index >= 15 is 0 Å². The number of nitrogens with zero attached hydrogens (tertiary/aromatic N) is 2. The maximum Gasteiger partial charge on any atom is 0.283 e. The molecule has 0 saturated carbocycles. The third-order valence-corrected chi connectivity index (χ3v) is 5.71. The number of carbonyl (C=O) groups is 2. The molecule has 0 aliphatic carbocycles. The Kier molecular flexibility index (Phi) is 6.20. The number of benzene rings is 1. The van der Waals surface area contributed by atoms with E-state index in [1.165, 1.54) is 35.1 Å². The molecule has 3 rings (SSSR count). The molecule has 140 valence electrons. The lowest BCUT2D eigenvalue weighted by atomic mass is 10.2. The predicted molar refractivity (Wildman–Crippen MR) is 112 cm³/mol. The number of methoxy groups -OCH3 is 1. The molecule has 1 aliphatic rings. The van der Waals surface area contributed by atoms with Crippen molar-refractivity contribution in [1.29, 1.82) is 0 Å². The summed E-state index contributed by atoms with van der Waals surface area (Å²) in [5.74, 6) is 0.232. The lowest BCUT2D eigenvalue weighted by Crippen LogP contribution is -2.31. The first-order valence-electron chi connectivity index (χ1n) is 7.88. The van der Waals surface area contributed by atoms with Crippen LogP contribution in [0.25, 0.3) is 6.08 Å². The summed E-state index contributed by atoms with van der Waals surface area (Å²) < 4.78 is 5.17. The molecule has 6 nitrogen and oxygen atoms in total. The van der Waals surface area contributed by atoms with Crippen molar-refractivity contribution in [2.24, 2.45) is 4.99 Å². The van der Waals surface area contributed by atoms with Gasteiger partial charge in [0.05, 0.1) is 23.6 Å². The monoisotopic (exact) mass is 421 g/mol. The standard InChI is InChI=1S/C18H16ClN3O3S2/c1-20-16(23)10-27-18-21-14(9-12-4-3-7-26-12)17(24)22(18)11-5-6-15(25-2)13(19)8-11/h3-9H,10H2,1-2H3,(H,20,23)/b14-9-. The fraction of sp³-hybridized carbons (Fsp3) is 0.167. The van der Waals surface area contributed by atoms with Gasteiger partial charge in [-0.2, -0.15) is 0 Å². The second kappa shape index (κ2) is 8.60. The van der Waals surface area contributed by atoms with Crippen molar-refractivity contribution in [3.63, 3.8) is 0 Å². The Bertz CT molecular complexity index is 926. The molecule has 1 aromatic heterocycles. The van der Waals surface area contributed by atoms with Crippen molar-refractivity contribution in [3.05, 3.63) is 51.3 Å². The average Bonchev–Trinajstić information content (AvgIpc) is 3.28. The van der Waals surface area contributed by atoms with Gasteiger partial charge in [-0.15, -0.1) is 11.3 Å². The Morgan fingerprint density at radius 1 is 1.44 bits per heavy atom. The summed E-state index contributed by atoms with van der Waals surface area (Å²) in [6.45, 7) is 0. The van der Waals surface area contributed by atoms with Crippen LogP contribution in [0, 0.1) is 0 Å². The van der Waals surface area contributed by atoms with Gasteiger partial charge in [0.2, 0.25) is 5.91 Å². The topological polar surface area (TPSA) is 71.0 Å². The maximum absolute atomic E-state index is 13.0. The number of halogens is 1. The van der Waals surface area contributed by atoms with Crippen LogP contribution in [0.5, 0.6) is 5.75 Å². The third-order valence-electron chi connectivity index (χ3n) is 3.66. The Balaban J connectivity index is 1.96. The minimum atomic E-state index is -0.274. The number of amides is 2. The van der Waals surface area contributed by atoms with Crippen LogP contribution in [0.15, 0.2) is 46.4 Å². The van der Waals surface area contributed by atoms with Crippen LogP contribution in [0.2, 0.25) is 5.02 Å². The van der Waals surface area contributed by atoms with Gasteiger partial charge in [-0.1, -0.05) is 29.4 Å². The Morgan fingerprint density at radius 3 is 2.89 bits per heavy atom. The Labute approximate surface area is 169 Å². The molecule has 0 bridgehead atoms. The summed E-state index contributed by atoms with van der Waals surface area (Å²) in [5.41, 5.74) is 0.868. The number of hydrogen-bond acceptors (Lipinski definition) is 6. The number of rotatable bonds is 5. The highest BCUT2D eigenvalue weighted by atomic mass is 35.5. The van der Waals surface area contributed by atoms with Crippen LogP contribution >= 0.6 is 34.7 Å². The summed E-state index contributed by atoms with van der Waals surface area (Å²) in [6, 6.07) is 8.87.